The number of rotatable bonds is 40. The summed E-state index contributed by atoms with van der Waals surface area (Å²) in [4.78, 5) is 22.5. The molecule has 0 saturated heterocycles. The van der Waals surface area contributed by atoms with Gasteiger partial charge in [-0.3, -0.25) is 13.8 Å². The summed E-state index contributed by atoms with van der Waals surface area (Å²) in [7, 11) is -4.29. The SMILES string of the molecule is CC/C=C\C/C=C\C/C=C\C/C=C\C/C=C\CCCCCCOCC(COP(=O)(O)OCCN)OC(=O)CCCCCCCCC/C=C\C/C=C\C/C=C\CC. The van der Waals surface area contributed by atoms with Gasteiger partial charge in [-0.05, 0) is 89.9 Å². The van der Waals surface area contributed by atoms with E-state index in [1.807, 2.05) is 0 Å². The molecule has 0 aliphatic carbocycles. The average Bonchev–Trinajstić information content (AvgIpc) is 3.19. The highest BCUT2D eigenvalue weighted by atomic mass is 31.2. The lowest BCUT2D eigenvalue weighted by atomic mass is 10.1. The van der Waals surface area contributed by atoms with Crippen molar-refractivity contribution in [2.45, 2.75) is 161 Å². The molecule has 0 radical (unpaired) electrons. The van der Waals surface area contributed by atoms with Crippen molar-refractivity contribution in [3.8, 4) is 0 Å². The van der Waals surface area contributed by atoms with E-state index in [1.165, 1.54) is 19.3 Å². The van der Waals surface area contributed by atoms with Crippen molar-refractivity contribution in [3.05, 3.63) is 97.2 Å². The highest BCUT2D eigenvalue weighted by Crippen LogP contribution is 2.43. The minimum Gasteiger partial charge on any atom is -0.457 e. The fourth-order valence-corrected chi connectivity index (χ4v) is 6.15. The first-order valence-corrected chi connectivity index (χ1v) is 23.2. The molecular weight excluding hydrogens is 721 g/mol. The Morgan fingerprint density at radius 3 is 1.41 bits per heavy atom. The molecule has 0 amide bonds. The second kappa shape index (κ2) is 43.5. The Labute approximate surface area is 342 Å². The van der Waals surface area contributed by atoms with E-state index in [-0.39, 0.29) is 32.3 Å². The quantitative estimate of drug-likeness (QED) is 0.0272. The van der Waals surface area contributed by atoms with Gasteiger partial charge in [0.15, 0.2) is 0 Å². The number of esters is 1. The van der Waals surface area contributed by atoms with Crippen LogP contribution in [0.15, 0.2) is 97.2 Å². The van der Waals surface area contributed by atoms with Crippen LogP contribution in [0.2, 0.25) is 0 Å². The molecule has 9 heteroatoms. The van der Waals surface area contributed by atoms with Crippen LogP contribution < -0.4 is 5.73 Å². The Balaban J connectivity index is 4.13. The lowest BCUT2D eigenvalue weighted by Crippen LogP contribution is -2.28. The van der Waals surface area contributed by atoms with E-state index in [0.717, 1.165) is 116 Å². The average molecular weight is 802 g/mol. The summed E-state index contributed by atoms with van der Waals surface area (Å²) in [5.41, 5.74) is 5.37. The fraction of sp³-hybridized carbons (Fsp3) is 0.638. The van der Waals surface area contributed by atoms with Crippen molar-refractivity contribution >= 4 is 13.8 Å². The molecule has 8 nitrogen and oxygen atoms in total. The number of unbranched alkanes of at least 4 members (excludes halogenated alkanes) is 11. The third kappa shape index (κ3) is 42.6. The molecule has 0 aliphatic heterocycles. The van der Waals surface area contributed by atoms with Crippen LogP contribution in [0.4, 0.5) is 0 Å². The number of nitrogens with two attached hydrogens (primary N) is 1. The number of phosphoric ester groups is 1. The van der Waals surface area contributed by atoms with E-state index in [1.54, 1.807) is 0 Å². The van der Waals surface area contributed by atoms with Crippen molar-refractivity contribution in [2.75, 3.05) is 33.0 Å². The van der Waals surface area contributed by atoms with Crippen molar-refractivity contribution in [1.29, 1.82) is 0 Å². The third-order valence-electron chi connectivity index (χ3n) is 8.50. The monoisotopic (exact) mass is 802 g/mol. The molecule has 0 aromatic carbocycles. The molecule has 3 N–H and O–H groups in total. The third-order valence-corrected chi connectivity index (χ3v) is 9.48. The molecule has 0 aromatic rings. The number of hydrogen-bond acceptors (Lipinski definition) is 7. The normalized spacial score (nSPS) is 14.4. The molecule has 0 bridgehead atoms. The van der Waals surface area contributed by atoms with Gasteiger partial charge in [-0.2, -0.15) is 0 Å². The summed E-state index contributed by atoms with van der Waals surface area (Å²) in [6.07, 6.45) is 57.1. The van der Waals surface area contributed by atoms with Crippen molar-refractivity contribution in [2.24, 2.45) is 5.73 Å². The van der Waals surface area contributed by atoms with Gasteiger partial charge in [0.1, 0.15) is 6.10 Å². The van der Waals surface area contributed by atoms with Gasteiger partial charge < -0.3 is 20.1 Å². The summed E-state index contributed by atoms with van der Waals surface area (Å²) in [5.74, 6) is -0.355. The summed E-state index contributed by atoms with van der Waals surface area (Å²) in [6.45, 7) is 4.59. The first-order valence-electron chi connectivity index (χ1n) is 21.7. The summed E-state index contributed by atoms with van der Waals surface area (Å²) in [6, 6.07) is 0. The van der Waals surface area contributed by atoms with Crippen molar-refractivity contribution in [1.82, 2.24) is 0 Å². The molecule has 56 heavy (non-hydrogen) atoms. The fourth-order valence-electron chi connectivity index (χ4n) is 5.39. The Bertz CT molecular complexity index is 1170. The standard InChI is InChI=1S/C47H80NO7P/c1-3-5-7-9-11-13-15-17-19-21-22-23-25-27-29-31-33-35-37-39-42-52-44-46(45-54-56(50,51)53-43-41-48)55-47(49)40-38-36-34-32-30-28-26-24-20-18-16-14-12-10-8-6-4-2/h5-8,11-14,17-20,22-23,27,29,46H,3-4,9-10,15-16,21,24-26,28,30-45,48H2,1-2H3,(H,50,51)/b7-5-,8-6-,13-11-,14-12-,19-17-,20-18-,23-22-,29-27-. The molecule has 0 aliphatic rings. The van der Waals surface area contributed by atoms with E-state index >= 15 is 0 Å². The van der Waals surface area contributed by atoms with Crippen LogP contribution in [0.5, 0.6) is 0 Å². The lowest BCUT2D eigenvalue weighted by molar-refractivity contribution is -0.154. The van der Waals surface area contributed by atoms with E-state index < -0.39 is 13.9 Å². The van der Waals surface area contributed by atoms with Crippen LogP contribution >= 0.6 is 7.82 Å². The van der Waals surface area contributed by atoms with Crippen LogP contribution in [-0.2, 0) is 27.9 Å². The van der Waals surface area contributed by atoms with Crippen LogP contribution in [0.1, 0.15) is 155 Å². The molecule has 0 fully saturated rings. The smallest absolute Gasteiger partial charge is 0.457 e. The number of hydrogen-bond donors (Lipinski definition) is 2. The number of ether oxygens (including phenoxy) is 2. The molecule has 2 atom stereocenters. The molecule has 0 saturated carbocycles. The maximum absolute atomic E-state index is 12.6. The molecule has 0 spiro atoms. The van der Waals surface area contributed by atoms with E-state index in [9.17, 15) is 14.3 Å². The van der Waals surface area contributed by atoms with Crippen LogP contribution in [-0.4, -0.2) is 49.9 Å². The number of carbonyl (C=O) groups excluding carboxylic acids is 1. The first kappa shape index (κ1) is 53.4. The maximum atomic E-state index is 12.6. The van der Waals surface area contributed by atoms with Gasteiger partial charge in [-0.1, -0.05) is 156 Å². The van der Waals surface area contributed by atoms with Crippen molar-refractivity contribution in [3.63, 3.8) is 0 Å². The predicted molar refractivity (Wildman–Crippen MR) is 238 cm³/mol. The second-order valence-electron chi connectivity index (χ2n) is 13.8. The van der Waals surface area contributed by atoms with Gasteiger partial charge in [-0.25, -0.2) is 4.57 Å². The zero-order valence-electron chi connectivity index (χ0n) is 35.3. The minimum atomic E-state index is -4.29. The highest BCUT2D eigenvalue weighted by Gasteiger charge is 2.25. The lowest BCUT2D eigenvalue weighted by Gasteiger charge is -2.20. The zero-order valence-corrected chi connectivity index (χ0v) is 36.2. The molecular formula is C47H80NO7P. The van der Waals surface area contributed by atoms with Crippen LogP contribution in [0.3, 0.4) is 0 Å². The molecule has 320 valence electrons. The molecule has 2 unspecified atom stereocenters. The van der Waals surface area contributed by atoms with Gasteiger partial charge in [0.05, 0.1) is 19.8 Å². The summed E-state index contributed by atoms with van der Waals surface area (Å²) < 4.78 is 33.4. The first-order chi connectivity index (χ1) is 27.4. The van der Waals surface area contributed by atoms with E-state index in [4.69, 9.17) is 24.3 Å². The van der Waals surface area contributed by atoms with E-state index in [0.29, 0.717) is 13.0 Å². The van der Waals surface area contributed by atoms with Crippen molar-refractivity contribution < 1.29 is 32.8 Å². The van der Waals surface area contributed by atoms with Gasteiger partial charge in [0.2, 0.25) is 0 Å². The minimum absolute atomic E-state index is 0.0882. The van der Waals surface area contributed by atoms with Gasteiger partial charge in [0.25, 0.3) is 0 Å². The summed E-state index contributed by atoms with van der Waals surface area (Å²) >= 11 is 0. The van der Waals surface area contributed by atoms with Gasteiger partial charge in [0, 0.05) is 19.6 Å². The Morgan fingerprint density at radius 2 is 0.946 bits per heavy atom. The Hall–Kier alpha value is -2.58. The number of phosphoric acid groups is 1. The molecule has 0 rings (SSSR count). The Kier molecular flexibility index (Phi) is 41.5. The number of carbonyl (C=O) groups is 1. The Morgan fingerprint density at radius 1 is 0.536 bits per heavy atom. The number of allylic oxidation sites excluding steroid dienone is 16. The zero-order chi connectivity index (χ0) is 40.9. The molecule has 0 aromatic heterocycles. The van der Waals surface area contributed by atoms with E-state index in [2.05, 4.69) is 111 Å². The second-order valence-corrected chi connectivity index (χ2v) is 15.2. The van der Waals surface area contributed by atoms with Gasteiger partial charge >= 0.3 is 13.8 Å². The topological polar surface area (TPSA) is 117 Å². The summed E-state index contributed by atoms with van der Waals surface area (Å²) in [5, 5.41) is 0. The van der Waals surface area contributed by atoms with Crippen LogP contribution in [0, 0.1) is 0 Å². The maximum Gasteiger partial charge on any atom is 0.472 e. The highest BCUT2D eigenvalue weighted by molar-refractivity contribution is 7.47. The predicted octanol–water partition coefficient (Wildman–Crippen LogP) is 13.1. The van der Waals surface area contributed by atoms with Gasteiger partial charge in [-0.15, -0.1) is 0 Å². The van der Waals surface area contributed by atoms with Crippen LogP contribution in [0.25, 0.3) is 0 Å². The largest absolute Gasteiger partial charge is 0.472 e. The molecule has 0 heterocycles.